The number of fused-ring (bicyclic) bond motifs is 1. The maximum atomic E-state index is 9.94. The highest BCUT2D eigenvalue weighted by Crippen LogP contribution is 2.41. The van der Waals surface area contributed by atoms with E-state index in [0.717, 1.165) is 12.0 Å². The predicted octanol–water partition coefficient (Wildman–Crippen LogP) is 3.52. The van der Waals surface area contributed by atoms with Crippen LogP contribution < -0.4 is 0 Å². The van der Waals surface area contributed by atoms with E-state index < -0.39 is 0 Å². The molecular formula is C14H20O. The summed E-state index contributed by atoms with van der Waals surface area (Å²) in [4.78, 5) is 0. The SMILES string of the molecule is CC1CC(O)c2cc(C(C)(C)C)ccc21. The molecule has 1 aromatic carbocycles. The Morgan fingerprint density at radius 3 is 2.47 bits per heavy atom. The fraction of sp³-hybridized carbons (Fsp3) is 0.571. The van der Waals surface area contributed by atoms with Crippen molar-refractivity contribution >= 4 is 0 Å². The molecule has 2 rings (SSSR count). The molecule has 1 nitrogen and oxygen atoms in total. The van der Waals surface area contributed by atoms with E-state index in [0.29, 0.717) is 5.92 Å². The number of rotatable bonds is 0. The van der Waals surface area contributed by atoms with Crippen LogP contribution in [0.2, 0.25) is 0 Å². The van der Waals surface area contributed by atoms with Crippen molar-refractivity contribution < 1.29 is 5.11 Å². The minimum Gasteiger partial charge on any atom is -0.388 e. The second kappa shape index (κ2) is 3.34. The van der Waals surface area contributed by atoms with E-state index in [9.17, 15) is 5.11 Å². The molecular weight excluding hydrogens is 184 g/mol. The van der Waals surface area contributed by atoms with Crippen molar-refractivity contribution in [2.24, 2.45) is 0 Å². The first-order valence-corrected chi connectivity index (χ1v) is 5.72. The molecule has 2 unspecified atom stereocenters. The third-order valence-electron chi connectivity index (χ3n) is 3.42. The zero-order chi connectivity index (χ0) is 11.2. The highest BCUT2D eigenvalue weighted by Gasteiger charge is 2.27. The van der Waals surface area contributed by atoms with Gasteiger partial charge in [-0.05, 0) is 34.4 Å². The Bertz CT molecular complexity index is 373. The summed E-state index contributed by atoms with van der Waals surface area (Å²) in [6.07, 6.45) is 0.625. The molecule has 0 amide bonds. The van der Waals surface area contributed by atoms with Gasteiger partial charge < -0.3 is 5.11 Å². The molecule has 0 saturated carbocycles. The van der Waals surface area contributed by atoms with Crippen LogP contribution in [0.3, 0.4) is 0 Å². The summed E-state index contributed by atoms with van der Waals surface area (Å²) in [5.41, 5.74) is 3.96. The van der Waals surface area contributed by atoms with Crippen LogP contribution in [0.1, 0.15) is 62.8 Å². The lowest BCUT2D eigenvalue weighted by Gasteiger charge is -2.20. The minimum absolute atomic E-state index is 0.167. The van der Waals surface area contributed by atoms with Gasteiger partial charge in [-0.15, -0.1) is 0 Å². The number of aliphatic hydroxyl groups excluding tert-OH is 1. The highest BCUT2D eigenvalue weighted by atomic mass is 16.3. The van der Waals surface area contributed by atoms with Gasteiger partial charge in [0.25, 0.3) is 0 Å². The average molecular weight is 204 g/mol. The summed E-state index contributed by atoms with van der Waals surface area (Å²) < 4.78 is 0. The number of benzene rings is 1. The zero-order valence-corrected chi connectivity index (χ0v) is 10.0. The Morgan fingerprint density at radius 1 is 1.20 bits per heavy atom. The standard InChI is InChI=1S/C14H20O/c1-9-7-13(15)12-8-10(14(2,3)4)5-6-11(9)12/h5-6,8-9,13,15H,7H2,1-4H3. The van der Waals surface area contributed by atoms with Gasteiger partial charge in [0, 0.05) is 0 Å². The van der Waals surface area contributed by atoms with Gasteiger partial charge >= 0.3 is 0 Å². The van der Waals surface area contributed by atoms with Gasteiger partial charge in [-0.3, -0.25) is 0 Å². The van der Waals surface area contributed by atoms with Gasteiger partial charge in [0.2, 0.25) is 0 Å². The number of hydrogen-bond acceptors (Lipinski definition) is 1. The van der Waals surface area contributed by atoms with Gasteiger partial charge in [-0.25, -0.2) is 0 Å². The third-order valence-corrected chi connectivity index (χ3v) is 3.42. The summed E-state index contributed by atoms with van der Waals surface area (Å²) in [7, 11) is 0. The van der Waals surface area contributed by atoms with Crippen LogP contribution in [0.4, 0.5) is 0 Å². The first-order valence-electron chi connectivity index (χ1n) is 5.72. The lowest BCUT2D eigenvalue weighted by molar-refractivity contribution is 0.174. The molecule has 0 aromatic heterocycles. The fourth-order valence-electron chi connectivity index (χ4n) is 2.37. The molecule has 1 aliphatic carbocycles. The third kappa shape index (κ3) is 1.81. The summed E-state index contributed by atoms with van der Waals surface area (Å²) >= 11 is 0. The molecule has 15 heavy (non-hydrogen) atoms. The van der Waals surface area contributed by atoms with Gasteiger partial charge in [-0.2, -0.15) is 0 Å². The molecule has 82 valence electrons. The molecule has 2 atom stereocenters. The van der Waals surface area contributed by atoms with Crippen molar-refractivity contribution in [3.8, 4) is 0 Å². The molecule has 1 aromatic rings. The molecule has 0 aliphatic heterocycles. The van der Waals surface area contributed by atoms with E-state index in [2.05, 4.69) is 45.9 Å². The molecule has 0 heterocycles. The lowest BCUT2D eigenvalue weighted by Crippen LogP contribution is -2.11. The average Bonchev–Trinajstić information content (AvgIpc) is 2.41. The second-order valence-corrected chi connectivity index (χ2v) is 5.75. The fourth-order valence-corrected chi connectivity index (χ4v) is 2.37. The molecule has 0 bridgehead atoms. The molecule has 1 heteroatoms. The van der Waals surface area contributed by atoms with Crippen LogP contribution in [0, 0.1) is 0 Å². The predicted molar refractivity (Wildman–Crippen MR) is 63.1 cm³/mol. The van der Waals surface area contributed by atoms with Crippen LogP contribution in [0.5, 0.6) is 0 Å². The molecule has 0 spiro atoms. The minimum atomic E-state index is -0.253. The lowest BCUT2D eigenvalue weighted by atomic mass is 9.85. The first-order chi connectivity index (χ1) is 6.89. The zero-order valence-electron chi connectivity index (χ0n) is 10.0. The van der Waals surface area contributed by atoms with E-state index in [4.69, 9.17) is 0 Å². The van der Waals surface area contributed by atoms with Crippen molar-refractivity contribution in [2.45, 2.75) is 51.6 Å². The Kier molecular flexibility index (Phi) is 2.38. The van der Waals surface area contributed by atoms with Gasteiger partial charge in [0.15, 0.2) is 0 Å². The maximum Gasteiger partial charge on any atom is 0.0798 e. The topological polar surface area (TPSA) is 20.2 Å². The molecule has 0 fully saturated rings. The van der Waals surface area contributed by atoms with E-state index in [-0.39, 0.29) is 11.5 Å². The Morgan fingerprint density at radius 2 is 1.87 bits per heavy atom. The Labute approximate surface area is 92.1 Å². The van der Waals surface area contributed by atoms with E-state index in [1.807, 2.05) is 0 Å². The van der Waals surface area contributed by atoms with Crippen LogP contribution >= 0.6 is 0 Å². The monoisotopic (exact) mass is 204 g/mol. The summed E-state index contributed by atoms with van der Waals surface area (Å²) in [5.74, 6) is 0.504. The summed E-state index contributed by atoms with van der Waals surface area (Å²) in [6, 6.07) is 6.58. The maximum absolute atomic E-state index is 9.94. The van der Waals surface area contributed by atoms with Gasteiger partial charge in [0.05, 0.1) is 6.10 Å². The Balaban J connectivity index is 2.48. The quantitative estimate of drug-likeness (QED) is 0.685. The summed E-state index contributed by atoms with van der Waals surface area (Å²) in [5, 5.41) is 9.94. The Hall–Kier alpha value is -0.820. The highest BCUT2D eigenvalue weighted by molar-refractivity contribution is 5.41. The first kappa shape index (κ1) is 10.7. The van der Waals surface area contributed by atoms with Gasteiger partial charge in [-0.1, -0.05) is 45.9 Å². The normalized spacial score (nSPS) is 25.4. The van der Waals surface area contributed by atoms with E-state index >= 15 is 0 Å². The molecule has 1 aliphatic rings. The van der Waals surface area contributed by atoms with Crippen molar-refractivity contribution in [3.63, 3.8) is 0 Å². The second-order valence-electron chi connectivity index (χ2n) is 5.75. The van der Waals surface area contributed by atoms with Crippen LogP contribution in [-0.4, -0.2) is 5.11 Å². The van der Waals surface area contributed by atoms with E-state index in [1.54, 1.807) is 0 Å². The molecule has 0 saturated heterocycles. The van der Waals surface area contributed by atoms with Crippen LogP contribution in [-0.2, 0) is 5.41 Å². The van der Waals surface area contributed by atoms with E-state index in [1.165, 1.54) is 11.1 Å². The summed E-state index contributed by atoms with van der Waals surface area (Å²) in [6.45, 7) is 8.81. The smallest absolute Gasteiger partial charge is 0.0798 e. The van der Waals surface area contributed by atoms with Gasteiger partial charge in [0.1, 0.15) is 0 Å². The number of hydrogen-bond donors (Lipinski definition) is 1. The largest absolute Gasteiger partial charge is 0.388 e. The van der Waals surface area contributed by atoms with Crippen LogP contribution in [0.15, 0.2) is 18.2 Å². The van der Waals surface area contributed by atoms with Crippen molar-refractivity contribution in [3.05, 3.63) is 34.9 Å². The number of aliphatic hydroxyl groups is 1. The van der Waals surface area contributed by atoms with Crippen molar-refractivity contribution in [1.29, 1.82) is 0 Å². The van der Waals surface area contributed by atoms with Crippen molar-refractivity contribution in [2.75, 3.05) is 0 Å². The molecule has 1 N–H and O–H groups in total. The van der Waals surface area contributed by atoms with Crippen LogP contribution in [0.25, 0.3) is 0 Å². The molecule has 0 radical (unpaired) electrons. The van der Waals surface area contributed by atoms with Crippen molar-refractivity contribution in [1.82, 2.24) is 0 Å².